The maximum atomic E-state index is 13.1. The van der Waals surface area contributed by atoms with E-state index >= 15 is 0 Å². The molecule has 2 aromatic rings. The smallest absolute Gasteiger partial charge is 0.243 e. The molecule has 1 atom stereocenters. The van der Waals surface area contributed by atoms with Gasteiger partial charge in [-0.2, -0.15) is 4.31 Å². The zero-order valence-corrected chi connectivity index (χ0v) is 18.7. The van der Waals surface area contributed by atoms with E-state index in [1.54, 1.807) is 19.2 Å². The number of sulfonamides is 1. The Bertz CT molecular complexity index is 971. The molecule has 2 aromatic carbocycles. The fourth-order valence-corrected chi connectivity index (χ4v) is 5.37. The average molecular weight is 431 g/mol. The second-order valence-corrected chi connectivity index (χ2v) is 9.97. The van der Waals surface area contributed by atoms with Gasteiger partial charge in [0.15, 0.2) is 0 Å². The van der Waals surface area contributed by atoms with Crippen LogP contribution in [0.1, 0.15) is 37.8 Å². The van der Waals surface area contributed by atoms with E-state index in [1.807, 2.05) is 50.2 Å². The molecule has 6 nitrogen and oxygen atoms in total. The predicted molar refractivity (Wildman–Crippen MR) is 117 cm³/mol. The van der Waals surface area contributed by atoms with Gasteiger partial charge in [-0.25, -0.2) is 8.42 Å². The largest absolute Gasteiger partial charge is 0.497 e. The summed E-state index contributed by atoms with van der Waals surface area (Å²) in [7, 11) is -2.02. The number of benzene rings is 2. The number of hydrogen-bond acceptors (Lipinski definition) is 4. The molecule has 1 amide bonds. The third kappa shape index (κ3) is 4.84. The number of rotatable bonds is 7. The summed E-state index contributed by atoms with van der Waals surface area (Å²) >= 11 is 0. The lowest BCUT2D eigenvalue weighted by atomic mass is 9.82. The molecule has 7 heteroatoms. The first-order chi connectivity index (χ1) is 14.3. The molecule has 0 aliphatic carbocycles. The van der Waals surface area contributed by atoms with Gasteiger partial charge in [0.2, 0.25) is 15.9 Å². The summed E-state index contributed by atoms with van der Waals surface area (Å²) in [5.74, 6) is 0.636. The minimum Gasteiger partial charge on any atom is -0.497 e. The third-order valence-corrected chi connectivity index (χ3v) is 7.65. The number of nitrogens with zero attached hydrogens (tertiary/aromatic N) is 1. The van der Waals surface area contributed by atoms with Crippen molar-refractivity contribution in [3.05, 3.63) is 59.7 Å². The Balaban J connectivity index is 1.68. The van der Waals surface area contributed by atoms with Gasteiger partial charge >= 0.3 is 0 Å². The van der Waals surface area contributed by atoms with Gasteiger partial charge < -0.3 is 10.1 Å². The van der Waals surface area contributed by atoms with E-state index in [2.05, 4.69) is 5.32 Å². The number of nitrogens with one attached hydrogen (secondary N) is 1. The standard InChI is InChI=1S/C23H30N2O4S/c1-4-18-8-12-21(13-9-18)30(27,28)25-15-5-14-23(2,17-25)22(26)24-16-19-6-10-20(29-3)11-7-19/h6-13H,4-5,14-17H2,1-3H3,(H,24,26). The molecule has 0 radical (unpaired) electrons. The number of methoxy groups -OCH3 is 1. The van der Waals surface area contributed by atoms with E-state index < -0.39 is 15.4 Å². The molecule has 162 valence electrons. The van der Waals surface area contributed by atoms with Crippen LogP contribution in [0, 0.1) is 5.41 Å². The van der Waals surface area contributed by atoms with Crippen LogP contribution in [0.4, 0.5) is 0 Å². The molecule has 0 aromatic heterocycles. The van der Waals surface area contributed by atoms with Gasteiger partial charge in [0.25, 0.3) is 0 Å². The Morgan fingerprint density at radius 1 is 1.10 bits per heavy atom. The monoisotopic (exact) mass is 430 g/mol. The number of carbonyl (C=O) groups excluding carboxylic acids is 1. The Hall–Kier alpha value is -2.38. The molecule has 0 bridgehead atoms. The second-order valence-electron chi connectivity index (χ2n) is 8.03. The molecule has 1 N–H and O–H groups in total. The fourth-order valence-electron chi connectivity index (χ4n) is 3.77. The van der Waals surface area contributed by atoms with Gasteiger partial charge in [-0.3, -0.25) is 4.79 Å². The normalized spacial score (nSPS) is 20.0. The minimum atomic E-state index is -3.63. The van der Waals surface area contributed by atoms with Crippen LogP contribution >= 0.6 is 0 Å². The van der Waals surface area contributed by atoms with Gasteiger partial charge in [-0.05, 0) is 61.6 Å². The van der Waals surface area contributed by atoms with Gasteiger partial charge in [0.05, 0.1) is 17.4 Å². The molecule has 30 heavy (non-hydrogen) atoms. The Labute approximate surface area is 179 Å². The van der Waals surface area contributed by atoms with Crippen LogP contribution in [0.5, 0.6) is 5.75 Å². The molecule has 3 rings (SSSR count). The summed E-state index contributed by atoms with van der Waals surface area (Å²) in [4.78, 5) is 13.2. The van der Waals surface area contributed by atoms with E-state index in [0.29, 0.717) is 25.9 Å². The van der Waals surface area contributed by atoms with Crippen molar-refractivity contribution >= 4 is 15.9 Å². The van der Waals surface area contributed by atoms with Gasteiger partial charge in [0.1, 0.15) is 5.75 Å². The number of ether oxygens (including phenoxy) is 1. The molecule has 1 aliphatic heterocycles. The highest BCUT2D eigenvalue weighted by Gasteiger charge is 2.41. The van der Waals surface area contributed by atoms with Crippen LogP contribution in [0.25, 0.3) is 0 Å². The van der Waals surface area contributed by atoms with Crippen molar-refractivity contribution < 1.29 is 17.9 Å². The van der Waals surface area contributed by atoms with Crippen molar-refractivity contribution in [3.8, 4) is 5.75 Å². The summed E-state index contributed by atoms with van der Waals surface area (Å²) < 4.78 is 32.8. The number of hydrogen-bond donors (Lipinski definition) is 1. The van der Waals surface area contributed by atoms with E-state index in [0.717, 1.165) is 23.3 Å². The number of amides is 1. The lowest BCUT2D eigenvalue weighted by Crippen LogP contribution is -2.51. The average Bonchev–Trinajstić information content (AvgIpc) is 2.77. The van der Waals surface area contributed by atoms with E-state index in [-0.39, 0.29) is 17.3 Å². The highest BCUT2D eigenvalue weighted by atomic mass is 32.2. The molecule has 1 fully saturated rings. The lowest BCUT2D eigenvalue weighted by molar-refractivity contribution is -0.132. The van der Waals surface area contributed by atoms with Crippen LogP contribution < -0.4 is 10.1 Å². The van der Waals surface area contributed by atoms with Crippen LogP contribution in [0.2, 0.25) is 0 Å². The van der Waals surface area contributed by atoms with Crippen molar-refractivity contribution in [2.45, 2.75) is 44.6 Å². The maximum Gasteiger partial charge on any atom is 0.243 e. The van der Waals surface area contributed by atoms with Crippen molar-refractivity contribution in [2.75, 3.05) is 20.2 Å². The van der Waals surface area contributed by atoms with E-state index in [4.69, 9.17) is 4.74 Å². The zero-order valence-electron chi connectivity index (χ0n) is 17.8. The molecule has 1 heterocycles. The van der Waals surface area contributed by atoms with Crippen LogP contribution in [-0.2, 0) is 27.8 Å². The molecule has 0 saturated carbocycles. The topological polar surface area (TPSA) is 75.7 Å². The van der Waals surface area contributed by atoms with E-state index in [9.17, 15) is 13.2 Å². The van der Waals surface area contributed by atoms with Crippen molar-refractivity contribution in [3.63, 3.8) is 0 Å². The predicted octanol–water partition coefficient (Wildman–Crippen LogP) is 3.36. The van der Waals surface area contributed by atoms with E-state index in [1.165, 1.54) is 4.31 Å². The van der Waals surface area contributed by atoms with Crippen LogP contribution in [0.3, 0.4) is 0 Å². The molecule has 1 aliphatic rings. The lowest BCUT2D eigenvalue weighted by Gasteiger charge is -2.38. The van der Waals surface area contributed by atoms with Gasteiger partial charge in [0, 0.05) is 19.6 Å². The number of aryl methyl sites for hydroxylation is 1. The van der Waals surface area contributed by atoms with Crippen molar-refractivity contribution in [1.82, 2.24) is 9.62 Å². The first-order valence-electron chi connectivity index (χ1n) is 10.3. The number of piperidine rings is 1. The third-order valence-electron chi connectivity index (χ3n) is 5.79. The Morgan fingerprint density at radius 2 is 1.73 bits per heavy atom. The molecule has 1 unspecified atom stereocenters. The summed E-state index contributed by atoms with van der Waals surface area (Å²) in [5, 5.41) is 2.97. The van der Waals surface area contributed by atoms with Crippen molar-refractivity contribution in [1.29, 1.82) is 0 Å². The SMILES string of the molecule is CCc1ccc(S(=O)(=O)N2CCCC(C)(C(=O)NCc3ccc(OC)cc3)C2)cc1. The number of carbonyl (C=O) groups is 1. The highest BCUT2D eigenvalue weighted by Crippen LogP contribution is 2.33. The molecule has 0 spiro atoms. The van der Waals surface area contributed by atoms with Crippen molar-refractivity contribution in [2.24, 2.45) is 5.41 Å². The molecular weight excluding hydrogens is 400 g/mol. The first kappa shape index (κ1) is 22.3. The molecule has 1 saturated heterocycles. The highest BCUT2D eigenvalue weighted by molar-refractivity contribution is 7.89. The minimum absolute atomic E-state index is 0.125. The summed E-state index contributed by atoms with van der Waals surface area (Å²) in [6.07, 6.45) is 2.16. The van der Waals surface area contributed by atoms with Gasteiger partial charge in [-0.1, -0.05) is 31.2 Å². The van der Waals surface area contributed by atoms with Crippen LogP contribution in [0.15, 0.2) is 53.4 Å². The zero-order chi connectivity index (χ0) is 21.8. The summed E-state index contributed by atoms with van der Waals surface area (Å²) in [6, 6.07) is 14.5. The fraction of sp³-hybridized carbons (Fsp3) is 0.435. The summed E-state index contributed by atoms with van der Waals surface area (Å²) in [5.41, 5.74) is 1.29. The Kier molecular flexibility index (Phi) is 6.83. The van der Waals surface area contributed by atoms with Gasteiger partial charge in [-0.15, -0.1) is 0 Å². The maximum absolute atomic E-state index is 13.1. The molecular formula is C23H30N2O4S. The first-order valence-corrected chi connectivity index (χ1v) is 11.7. The Morgan fingerprint density at radius 3 is 2.33 bits per heavy atom. The quantitative estimate of drug-likeness (QED) is 0.731. The van der Waals surface area contributed by atoms with Crippen LogP contribution in [-0.4, -0.2) is 38.8 Å². The second kappa shape index (κ2) is 9.18. The summed E-state index contributed by atoms with van der Waals surface area (Å²) in [6.45, 7) is 4.88.